The van der Waals surface area contributed by atoms with E-state index in [0.717, 1.165) is 10.3 Å². The highest BCUT2D eigenvalue weighted by molar-refractivity contribution is 7.99. The van der Waals surface area contributed by atoms with Crippen LogP contribution in [0.1, 0.15) is 57.1 Å². The second-order valence-corrected chi connectivity index (χ2v) is 7.24. The average molecular weight is 312 g/mol. The molecule has 1 nitrogen and oxygen atoms in total. The molecule has 1 aromatic carbocycles. The van der Waals surface area contributed by atoms with Crippen molar-refractivity contribution in [2.24, 2.45) is 0 Å². The molecule has 112 valence electrons. The quantitative estimate of drug-likeness (QED) is 0.750. The van der Waals surface area contributed by atoms with Crippen molar-refractivity contribution in [2.75, 3.05) is 6.26 Å². The summed E-state index contributed by atoms with van der Waals surface area (Å²) in [5.74, 6) is 0. The van der Waals surface area contributed by atoms with E-state index in [0.29, 0.717) is 12.1 Å². The maximum absolute atomic E-state index is 6.01. The van der Waals surface area contributed by atoms with E-state index < -0.39 is 0 Å². The monoisotopic (exact) mass is 311 g/mol. The highest BCUT2D eigenvalue weighted by Gasteiger charge is 2.26. The van der Waals surface area contributed by atoms with Crippen LogP contribution in [0.5, 0.6) is 0 Å². The molecule has 1 aliphatic carbocycles. The molecule has 0 aliphatic heterocycles. The molecule has 1 aliphatic rings. The molecule has 1 saturated carbocycles. The number of nitrogens with one attached hydrogen (secondary N) is 1. The first-order valence-electron chi connectivity index (χ1n) is 7.79. The molecule has 0 amide bonds. The number of benzene rings is 1. The maximum atomic E-state index is 6.01. The lowest BCUT2D eigenvalue weighted by Crippen LogP contribution is -2.42. The fraction of sp³-hybridized carbons (Fsp3) is 0.647. The van der Waals surface area contributed by atoms with Crippen molar-refractivity contribution in [1.82, 2.24) is 5.32 Å². The van der Waals surface area contributed by atoms with Gasteiger partial charge in [-0.1, -0.05) is 49.9 Å². The summed E-state index contributed by atoms with van der Waals surface area (Å²) in [5, 5.41) is 5.53. The van der Waals surface area contributed by atoms with E-state index in [1.807, 2.05) is 23.9 Å². The topological polar surface area (TPSA) is 12.0 Å². The Hall–Kier alpha value is -0.180. The van der Waals surface area contributed by atoms with Gasteiger partial charge in [-0.05, 0) is 43.2 Å². The van der Waals surface area contributed by atoms with Gasteiger partial charge < -0.3 is 5.32 Å². The maximum Gasteiger partial charge on any atom is 0.0406 e. The van der Waals surface area contributed by atoms with E-state index in [2.05, 4.69) is 30.6 Å². The fourth-order valence-corrected chi connectivity index (χ4v) is 4.23. The van der Waals surface area contributed by atoms with Crippen molar-refractivity contribution in [2.45, 2.75) is 62.8 Å². The molecule has 3 unspecified atom stereocenters. The summed E-state index contributed by atoms with van der Waals surface area (Å²) in [5.41, 5.74) is 1.38. The SMILES string of the molecule is CCCC(NC1CCCCC1SC)c1ccc(Cl)cc1. The molecule has 0 spiro atoms. The van der Waals surface area contributed by atoms with Crippen LogP contribution in [0.25, 0.3) is 0 Å². The minimum atomic E-state index is 0.468. The number of hydrogen-bond donors (Lipinski definition) is 1. The van der Waals surface area contributed by atoms with Gasteiger partial charge >= 0.3 is 0 Å². The summed E-state index contributed by atoms with van der Waals surface area (Å²) in [6.45, 7) is 2.26. The van der Waals surface area contributed by atoms with E-state index in [4.69, 9.17) is 11.6 Å². The summed E-state index contributed by atoms with van der Waals surface area (Å²) in [7, 11) is 0. The molecule has 1 fully saturated rings. The van der Waals surface area contributed by atoms with Gasteiger partial charge in [0.2, 0.25) is 0 Å². The molecule has 1 N–H and O–H groups in total. The lowest BCUT2D eigenvalue weighted by Gasteiger charge is -2.34. The zero-order valence-electron chi connectivity index (χ0n) is 12.6. The Bertz CT molecular complexity index is 392. The van der Waals surface area contributed by atoms with Crippen molar-refractivity contribution in [1.29, 1.82) is 0 Å². The van der Waals surface area contributed by atoms with E-state index in [1.165, 1.54) is 44.1 Å². The molecule has 3 atom stereocenters. The molecule has 20 heavy (non-hydrogen) atoms. The molecule has 0 bridgehead atoms. The van der Waals surface area contributed by atoms with E-state index in [9.17, 15) is 0 Å². The lowest BCUT2D eigenvalue weighted by atomic mass is 9.92. The van der Waals surface area contributed by atoms with Crippen molar-refractivity contribution in [3.05, 3.63) is 34.9 Å². The summed E-state index contributed by atoms with van der Waals surface area (Å²) in [6, 6.07) is 9.49. The third kappa shape index (κ3) is 4.41. The minimum Gasteiger partial charge on any atom is -0.306 e. The van der Waals surface area contributed by atoms with Crippen LogP contribution < -0.4 is 5.32 Å². The van der Waals surface area contributed by atoms with Crippen molar-refractivity contribution < 1.29 is 0 Å². The van der Waals surface area contributed by atoms with E-state index in [1.54, 1.807) is 0 Å². The first-order valence-corrected chi connectivity index (χ1v) is 9.45. The fourth-order valence-electron chi connectivity index (χ4n) is 3.16. The number of halogens is 1. The first-order chi connectivity index (χ1) is 9.74. The lowest BCUT2D eigenvalue weighted by molar-refractivity contribution is 0.337. The predicted octanol–water partition coefficient (Wildman–Crippen LogP) is 5.45. The Morgan fingerprint density at radius 2 is 1.95 bits per heavy atom. The van der Waals surface area contributed by atoms with E-state index in [-0.39, 0.29) is 0 Å². The average Bonchev–Trinajstić information content (AvgIpc) is 2.48. The highest BCUT2D eigenvalue weighted by atomic mass is 35.5. The Kier molecular flexibility index (Phi) is 6.73. The van der Waals surface area contributed by atoms with Gasteiger partial charge in [0.1, 0.15) is 0 Å². The first kappa shape index (κ1) is 16.2. The molecule has 0 heterocycles. The van der Waals surface area contributed by atoms with Crippen LogP contribution in [0, 0.1) is 0 Å². The second kappa shape index (κ2) is 8.31. The van der Waals surface area contributed by atoms with Crippen LogP contribution in [0.2, 0.25) is 5.02 Å². The van der Waals surface area contributed by atoms with Crippen LogP contribution in [0.15, 0.2) is 24.3 Å². The smallest absolute Gasteiger partial charge is 0.0406 e. The van der Waals surface area contributed by atoms with Crippen LogP contribution >= 0.6 is 23.4 Å². The van der Waals surface area contributed by atoms with Crippen LogP contribution in [0.3, 0.4) is 0 Å². The summed E-state index contributed by atoms with van der Waals surface area (Å²) >= 11 is 8.04. The third-order valence-electron chi connectivity index (χ3n) is 4.27. The molecule has 0 radical (unpaired) electrons. The molecule has 1 aromatic rings. The van der Waals surface area contributed by atoms with Crippen molar-refractivity contribution in [3.8, 4) is 0 Å². The van der Waals surface area contributed by atoms with Gasteiger partial charge in [0, 0.05) is 22.4 Å². The highest BCUT2D eigenvalue weighted by Crippen LogP contribution is 2.30. The predicted molar refractivity (Wildman–Crippen MR) is 91.8 cm³/mol. The zero-order valence-corrected chi connectivity index (χ0v) is 14.1. The Morgan fingerprint density at radius 3 is 2.60 bits per heavy atom. The number of rotatable bonds is 6. The Labute approximate surface area is 132 Å². The van der Waals surface area contributed by atoms with Gasteiger partial charge in [0.05, 0.1) is 0 Å². The van der Waals surface area contributed by atoms with Gasteiger partial charge in [-0.3, -0.25) is 0 Å². The summed E-state index contributed by atoms with van der Waals surface area (Å²) in [4.78, 5) is 0. The zero-order chi connectivity index (χ0) is 14.4. The van der Waals surface area contributed by atoms with Crippen LogP contribution in [-0.2, 0) is 0 Å². The molecular weight excluding hydrogens is 286 g/mol. The third-order valence-corrected chi connectivity index (χ3v) is 5.69. The van der Waals surface area contributed by atoms with Crippen molar-refractivity contribution >= 4 is 23.4 Å². The molecule has 0 aromatic heterocycles. The molecule has 0 saturated heterocycles. The number of hydrogen-bond acceptors (Lipinski definition) is 2. The Balaban J connectivity index is 2.06. The largest absolute Gasteiger partial charge is 0.306 e. The van der Waals surface area contributed by atoms with Crippen molar-refractivity contribution in [3.63, 3.8) is 0 Å². The van der Waals surface area contributed by atoms with Crippen LogP contribution in [-0.4, -0.2) is 17.5 Å². The second-order valence-electron chi connectivity index (χ2n) is 5.72. The minimum absolute atomic E-state index is 0.468. The molecule has 2 rings (SSSR count). The summed E-state index contributed by atoms with van der Waals surface area (Å²) in [6.07, 6.45) is 10.1. The van der Waals surface area contributed by atoms with Gasteiger partial charge in [-0.15, -0.1) is 0 Å². The van der Waals surface area contributed by atoms with Gasteiger partial charge in [-0.2, -0.15) is 11.8 Å². The van der Waals surface area contributed by atoms with Gasteiger partial charge in [-0.25, -0.2) is 0 Å². The molecular formula is C17H26ClNS. The van der Waals surface area contributed by atoms with Gasteiger partial charge in [0.15, 0.2) is 0 Å². The van der Waals surface area contributed by atoms with Crippen LogP contribution in [0.4, 0.5) is 0 Å². The summed E-state index contributed by atoms with van der Waals surface area (Å²) < 4.78 is 0. The number of thioether (sulfide) groups is 1. The standard InChI is InChI=1S/C17H26ClNS/c1-3-6-15(13-9-11-14(18)12-10-13)19-16-7-4-5-8-17(16)20-2/h9-12,15-17,19H,3-8H2,1-2H3. The Morgan fingerprint density at radius 1 is 1.25 bits per heavy atom. The molecule has 3 heteroatoms. The van der Waals surface area contributed by atoms with Gasteiger partial charge in [0.25, 0.3) is 0 Å². The van der Waals surface area contributed by atoms with E-state index >= 15 is 0 Å². The normalized spacial score (nSPS) is 24.6.